The fourth-order valence-electron chi connectivity index (χ4n) is 2.68. The van der Waals surface area contributed by atoms with Crippen LogP contribution < -0.4 is 10.2 Å². The standard InChI is InChI=1S/C18H31N3/c1-5-7-17-10-16(12-19-6-2)11-18(20-17)21(14(3)4)13-15-8-9-15/h10-11,14-15,19H,5-9,12-13H2,1-4H3. The Hall–Kier alpha value is -1.09. The quantitative estimate of drug-likeness (QED) is 0.750. The highest BCUT2D eigenvalue weighted by molar-refractivity contribution is 5.44. The van der Waals surface area contributed by atoms with Crippen molar-refractivity contribution in [3.05, 3.63) is 23.4 Å². The Morgan fingerprint density at radius 3 is 2.62 bits per heavy atom. The van der Waals surface area contributed by atoms with E-state index in [0.29, 0.717) is 6.04 Å². The lowest BCUT2D eigenvalue weighted by molar-refractivity contribution is 0.632. The molecular weight excluding hydrogens is 258 g/mol. The Morgan fingerprint density at radius 1 is 1.29 bits per heavy atom. The van der Waals surface area contributed by atoms with Crippen molar-refractivity contribution in [2.24, 2.45) is 5.92 Å². The number of pyridine rings is 1. The SMILES string of the molecule is CCCc1cc(CNCC)cc(N(CC2CC2)C(C)C)n1. The number of nitrogens with zero attached hydrogens (tertiary/aromatic N) is 2. The zero-order valence-corrected chi connectivity index (χ0v) is 14.2. The molecule has 0 bridgehead atoms. The molecule has 1 aliphatic rings. The van der Waals surface area contributed by atoms with E-state index in [0.717, 1.165) is 31.8 Å². The van der Waals surface area contributed by atoms with E-state index in [1.165, 1.54) is 36.5 Å². The maximum Gasteiger partial charge on any atom is 0.129 e. The van der Waals surface area contributed by atoms with E-state index in [4.69, 9.17) is 4.98 Å². The van der Waals surface area contributed by atoms with Crippen LogP contribution >= 0.6 is 0 Å². The normalized spacial score (nSPS) is 14.7. The predicted molar refractivity (Wildman–Crippen MR) is 90.8 cm³/mol. The summed E-state index contributed by atoms with van der Waals surface area (Å²) >= 11 is 0. The van der Waals surface area contributed by atoms with Gasteiger partial charge >= 0.3 is 0 Å². The van der Waals surface area contributed by atoms with Crippen LogP contribution in [0, 0.1) is 5.92 Å². The fourth-order valence-corrected chi connectivity index (χ4v) is 2.68. The Balaban J connectivity index is 2.22. The number of rotatable bonds is 9. The van der Waals surface area contributed by atoms with Gasteiger partial charge < -0.3 is 10.2 Å². The van der Waals surface area contributed by atoms with Gasteiger partial charge in [0.25, 0.3) is 0 Å². The summed E-state index contributed by atoms with van der Waals surface area (Å²) in [5.41, 5.74) is 2.61. The molecular formula is C18H31N3. The second-order valence-corrected chi connectivity index (χ2v) is 6.54. The van der Waals surface area contributed by atoms with Crippen molar-refractivity contribution < 1.29 is 0 Å². The van der Waals surface area contributed by atoms with E-state index in [2.05, 4.69) is 50.0 Å². The summed E-state index contributed by atoms with van der Waals surface area (Å²) < 4.78 is 0. The highest BCUT2D eigenvalue weighted by Crippen LogP contribution is 2.32. The molecule has 2 rings (SSSR count). The van der Waals surface area contributed by atoms with Gasteiger partial charge in [-0.3, -0.25) is 0 Å². The Labute approximate surface area is 130 Å². The summed E-state index contributed by atoms with van der Waals surface area (Å²) in [5.74, 6) is 2.07. The number of anilines is 1. The topological polar surface area (TPSA) is 28.2 Å². The molecule has 0 amide bonds. The summed E-state index contributed by atoms with van der Waals surface area (Å²) in [6.07, 6.45) is 5.01. The third kappa shape index (κ3) is 4.99. The first-order valence-electron chi connectivity index (χ1n) is 8.61. The van der Waals surface area contributed by atoms with Crippen molar-refractivity contribution in [2.45, 2.75) is 66.0 Å². The minimum Gasteiger partial charge on any atom is -0.354 e. The van der Waals surface area contributed by atoms with Gasteiger partial charge in [0.05, 0.1) is 0 Å². The summed E-state index contributed by atoms with van der Waals surface area (Å²) in [7, 11) is 0. The molecule has 1 heterocycles. The van der Waals surface area contributed by atoms with Crippen molar-refractivity contribution in [3.63, 3.8) is 0 Å². The molecule has 0 atom stereocenters. The van der Waals surface area contributed by atoms with Crippen LogP contribution in [0.3, 0.4) is 0 Å². The highest BCUT2D eigenvalue weighted by Gasteiger charge is 2.26. The molecule has 21 heavy (non-hydrogen) atoms. The van der Waals surface area contributed by atoms with Gasteiger partial charge in [-0.25, -0.2) is 4.98 Å². The third-order valence-corrected chi connectivity index (χ3v) is 4.08. The van der Waals surface area contributed by atoms with E-state index in [-0.39, 0.29) is 0 Å². The molecule has 1 aliphatic carbocycles. The minimum atomic E-state index is 0.516. The lowest BCUT2D eigenvalue weighted by Gasteiger charge is -2.29. The van der Waals surface area contributed by atoms with Crippen LogP contribution in [0.1, 0.15) is 58.2 Å². The molecule has 1 N–H and O–H groups in total. The minimum absolute atomic E-state index is 0.516. The van der Waals surface area contributed by atoms with Crippen LogP contribution in [-0.2, 0) is 13.0 Å². The van der Waals surface area contributed by atoms with Crippen molar-refractivity contribution in [3.8, 4) is 0 Å². The number of hydrogen-bond donors (Lipinski definition) is 1. The predicted octanol–water partition coefficient (Wildman–Crippen LogP) is 3.77. The first-order valence-corrected chi connectivity index (χ1v) is 8.61. The molecule has 0 unspecified atom stereocenters. The average Bonchev–Trinajstić information content (AvgIpc) is 3.26. The van der Waals surface area contributed by atoms with Crippen molar-refractivity contribution in [1.82, 2.24) is 10.3 Å². The monoisotopic (exact) mass is 289 g/mol. The fraction of sp³-hybridized carbons (Fsp3) is 0.722. The number of hydrogen-bond acceptors (Lipinski definition) is 3. The van der Waals surface area contributed by atoms with Crippen molar-refractivity contribution in [2.75, 3.05) is 18.0 Å². The smallest absolute Gasteiger partial charge is 0.129 e. The largest absolute Gasteiger partial charge is 0.354 e. The van der Waals surface area contributed by atoms with E-state index in [1.807, 2.05) is 0 Å². The Morgan fingerprint density at radius 2 is 2.05 bits per heavy atom. The summed E-state index contributed by atoms with van der Waals surface area (Å²) in [6.45, 7) is 12.1. The lowest BCUT2D eigenvalue weighted by atomic mass is 10.1. The van der Waals surface area contributed by atoms with E-state index < -0.39 is 0 Å². The van der Waals surface area contributed by atoms with Crippen molar-refractivity contribution >= 4 is 5.82 Å². The molecule has 118 valence electrons. The lowest BCUT2D eigenvalue weighted by Crippen LogP contribution is -2.33. The second-order valence-electron chi connectivity index (χ2n) is 6.54. The van der Waals surface area contributed by atoms with E-state index in [9.17, 15) is 0 Å². The molecule has 3 nitrogen and oxygen atoms in total. The number of aromatic nitrogens is 1. The van der Waals surface area contributed by atoms with Crippen LogP contribution in [0.25, 0.3) is 0 Å². The molecule has 0 aromatic carbocycles. The molecule has 1 fully saturated rings. The molecule has 1 aromatic heterocycles. The summed E-state index contributed by atoms with van der Waals surface area (Å²) in [4.78, 5) is 7.42. The zero-order chi connectivity index (χ0) is 15.2. The van der Waals surface area contributed by atoms with E-state index >= 15 is 0 Å². The van der Waals surface area contributed by atoms with Gasteiger partial charge in [-0.05, 0) is 63.3 Å². The van der Waals surface area contributed by atoms with E-state index in [1.54, 1.807) is 0 Å². The van der Waals surface area contributed by atoms with Crippen LogP contribution in [0.5, 0.6) is 0 Å². The molecule has 0 radical (unpaired) electrons. The second kappa shape index (κ2) is 7.79. The summed E-state index contributed by atoms with van der Waals surface area (Å²) in [5, 5.41) is 3.44. The highest BCUT2D eigenvalue weighted by atomic mass is 15.2. The number of nitrogens with one attached hydrogen (secondary N) is 1. The maximum atomic E-state index is 4.93. The van der Waals surface area contributed by atoms with Crippen LogP contribution in [0.15, 0.2) is 12.1 Å². The Bertz CT molecular complexity index is 438. The van der Waals surface area contributed by atoms with Gasteiger partial charge in [0.2, 0.25) is 0 Å². The first kappa shape index (κ1) is 16.3. The average molecular weight is 289 g/mol. The summed E-state index contributed by atoms with van der Waals surface area (Å²) in [6, 6.07) is 5.07. The molecule has 1 saturated carbocycles. The van der Waals surface area contributed by atoms with Gasteiger partial charge in [-0.1, -0.05) is 20.3 Å². The maximum absolute atomic E-state index is 4.93. The Kier molecular flexibility index (Phi) is 6.04. The van der Waals surface area contributed by atoms with Crippen LogP contribution in [-0.4, -0.2) is 24.1 Å². The molecule has 1 aromatic rings. The zero-order valence-electron chi connectivity index (χ0n) is 14.2. The number of aryl methyl sites for hydroxylation is 1. The molecule has 0 saturated heterocycles. The van der Waals surface area contributed by atoms with Gasteiger partial charge in [0, 0.05) is 24.8 Å². The molecule has 0 aliphatic heterocycles. The van der Waals surface area contributed by atoms with Crippen molar-refractivity contribution in [1.29, 1.82) is 0 Å². The van der Waals surface area contributed by atoms with Gasteiger partial charge in [0.1, 0.15) is 5.82 Å². The van der Waals surface area contributed by atoms with Crippen LogP contribution in [0.2, 0.25) is 0 Å². The third-order valence-electron chi connectivity index (χ3n) is 4.08. The van der Waals surface area contributed by atoms with Gasteiger partial charge in [0.15, 0.2) is 0 Å². The van der Waals surface area contributed by atoms with Gasteiger partial charge in [-0.15, -0.1) is 0 Å². The first-order chi connectivity index (χ1) is 10.1. The van der Waals surface area contributed by atoms with Gasteiger partial charge in [-0.2, -0.15) is 0 Å². The molecule has 3 heteroatoms. The molecule has 0 spiro atoms. The van der Waals surface area contributed by atoms with Crippen LogP contribution in [0.4, 0.5) is 5.82 Å².